The van der Waals surface area contributed by atoms with Gasteiger partial charge >= 0.3 is 0 Å². The number of benzene rings is 3. The van der Waals surface area contributed by atoms with Crippen LogP contribution in [0.3, 0.4) is 0 Å². The molecule has 0 aliphatic rings. The quantitative estimate of drug-likeness (QED) is 0.370. The molecule has 3 rings (SSSR count). The van der Waals surface area contributed by atoms with Crippen LogP contribution in [0.4, 0.5) is 5.69 Å². The average molecular weight is 510 g/mol. The Morgan fingerprint density at radius 2 is 1.61 bits per heavy atom. The highest BCUT2D eigenvalue weighted by Crippen LogP contribution is 2.35. The number of halogens is 2. The third kappa shape index (κ3) is 5.45. The Kier molecular flexibility index (Phi) is 7.28. The molecule has 0 saturated carbocycles. The lowest BCUT2D eigenvalue weighted by Crippen LogP contribution is -2.03. The molecule has 0 atom stereocenters. The van der Waals surface area contributed by atoms with E-state index < -0.39 is 0 Å². The number of nitrogens with one attached hydrogen (secondary N) is 1. The van der Waals surface area contributed by atoms with E-state index in [4.69, 9.17) is 25.8 Å². The van der Waals surface area contributed by atoms with E-state index in [9.17, 15) is 0 Å². The van der Waals surface area contributed by atoms with Crippen LogP contribution in [0.5, 0.6) is 17.2 Å². The second kappa shape index (κ2) is 9.89. The van der Waals surface area contributed by atoms with E-state index in [0.29, 0.717) is 23.9 Å². The fraction of sp³-hybridized carbons (Fsp3) is 0.182. The smallest absolute Gasteiger partial charge is 0.174 e. The zero-order chi connectivity index (χ0) is 19.9. The molecule has 28 heavy (non-hydrogen) atoms. The van der Waals surface area contributed by atoms with Gasteiger partial charge in [-0.05, 0) is 82.2 Å². The van der Waals surface area contributed by atoms with E-state index in [1.165, 1.54) is 0 Å². The Labute approximate surface area is 183 Å². The van der Waals surface area contributed by atoms with Crippen LogP contribution in [0.1, 0.15) is 11.1 Å². The van der Waals surface area contributed by atoms with Gasteiger partial charge in [-0.25, -0.2) is 0 Å². The molecule has 4 nitrogen and oxygen atoms in total. The molecule has 0 aliphatic carbocycles. The van der Waals surface area contributed by atoms with Gasteiger partial charge in [-0.1, -0.05) is 23.7 Å². The maximum Gasteiger partial charge on any atom is 0.174 e. The normalized spacial score (nSPS) is 10.4. The van der Waals surface area contributed by atoms with E-state index in [-0.39, 0.29) is 0 Å². The lowest BCUT2D eigenvalue weighted by Gasteiger charge is -2.15. The minimum Gasteiger partial charge on any atom is -0.497 e. The van der Waals surface area contributed by atoms with Gasteiger partial charge in [-0.15, -0.1) is 0 Å². The molecule has 3 aromatic rings. The van der Waals surface area contributed by atoms with Gasteiger partial charge in [0.1, 0.15) is 12.4 Å². The molecule has 0 heterocycles. The lowest BCUT2D eigenvalue weighted by atomic mass is 10.2. The summed E-state index contributed by atoms with van der Waals surface area (Å²) in [5, 5.41) is 4.12. The maximum absolute atomic E-state index is 6.02. The molecule has 0 fully saturated rings. The monoisotopic (exact) mass is 509 g/mol. The Balaban J connectivity index is 1.68. The van der Waals surface area contributed by atoms with Crippen molar-refractivity contribution in [3.63, 3.8) is 0 Å². The summed E-state index contributed by atoms with van der Waals surface area (Å²) in [5.74, 6) is 2.29. The second-order valence-corrected chi connectivity index (χ2v) is 7.70. The molecule has 0 saturated heterocycles. The van der Waals surface area contributed by atoms with Crippen molar-refractivity contribution in [1.29, 1.82) is 0 Å². The van der Waals surface area contributed by atoms with Crippen molar-refractivity contribution in [2.75, 3.05) is 19.5 Å². The highest BCUT2D eigenvalue weighted by Gasteiger charge is 2.12. The van der Waals surface area contributed by atoms with Crippen LogP contribution in [0.25, 0.3) is 0 Å². The third-order valence-electron chi connectivity index (χ3n) is 4.17. The number of anilines is 1. The largest absolute Gasteiger partial charge is 0.497 e. The minimum absolute atomic E-state index is 0.451. The van der Waals surface area contributed by atoms with Gasteiger partial charge in [0.15, 0.2) is 11.5 Å². The summed E-state index contributed by atoms with van der Waals surface area (Å²) >= 11 is 8.21. The maximum atomic E-state index is 6.02. The Bertz CT molecular complexity index is 914. The first-order valence-electron chi connectivity index (χ1n) is 8.70. The van der Waals surface area contributed by atoms with Crippen molar-refractivity contribution in [2.45, 2.75) is 13.2 Å². The topological polar surface area (TPSA) is 39.7 Å². The summed E-state index contributed by atoms with van der Waals surface area (Å²) in [6, 6.07) is 19.6. The summed E-state index contributed by atoms with van der Waals surface area (Å²) in [6.45, 7) is 1.13. The highest BCUT2D eigenvalue weighted by molar-refractivity contribution is 14.1. The predicted octanol–water partition coefficient (Wildman–Crippen LogP) is 6.15. The van der Waals surface area contributed by atoms with Crippen LogP contribution in [0.2, 0.25) is 5.02 Å². The molecular formula is C22H21ClINO3. The van der Waals surface area contributed by atoms with Crippen molar-refractivity contribution in [3.05, 3.63) is 80.4 Å². The van der Waals surface area contributed by atoms with Crippen molar-refractivity contribution < 1.29 is 14.2 Å². The molecule has 0 bridgehead atoms. The van der Waals surface area contributed by atoms with Gasteiger partial charge in [0, 0.05) is 17.3 Å². The fourth-order valence-electron chi connectivity index (χ4n) is 2.66. The highest BCUT2D eigenvalue weighted by atomic mass is 127. The molecule has 0 aromatic heterocycles. The fourth-order valence-corrected chi connectivity index (χ4v) is 3.61. The van der Waals surface area contributed by atoms with Crippen LogP contribution in [0, 0.1) is 3.57 Å². The zero-order valence-corrected chi connectivity index (χ0v) is 18.6. The predicted molar refractivity (Wildman–Crippen MR) is 122 cm³/mol. The van der Waals surface area contributed by atoms with Gasteiger partial charge in [0.25, 0.3) is 0 Å². The first-order valence-corrected chi connectivity index (χ1v) is 10.2. The molecule has 0 spiro atoms. The molecule has 0 unspecified atom stereocenters. The Morgan fingerprint density at radius 1 is 0.893 bits per heavy atom. The molecule has 6 heteroatoms. The van der Waals surface area contributed by atoms with Gasteiger partial charge in [0.2, 0.25) is 0 Å². The average Bonchev–Trinajstić information content (AvgIpc) is 2.72. The number of ether oxygens (including phenoxy) is 3. The van der Waals surface area contributed by atoms with E-state index >= 15 is 0 Å². The molecule has 1 N–H and O–H groups in total. The van der Waals surface area contributed by atoms with Gasteiger partial charge in [-0.2, -0.15) is 0 Å². The van der Waals surface area contributed by atoms with E-state index in [2.05, 4.69) is 34.0 Å². The molecule has 0 aliphatic heterocycles. The molecule has 0 amide bonds. The zero-order valence-electron chi connectivity index (χ0n) is 15.7. The molecule has 146 valence electrons. The van der Waals surface area contributed by atoms with Crippen molar-refractivity contribution >= 4 is 39.9 Å². The van der Waals surface area contributed by atoms with Crippen molar-refractivity contribution in [1.82, 2.24) is 0 Å². The van der Waals surface area contributed by atoms with Crippen LogP contribution < -0.4 is 19.5 Å². The SMILES string of the molecule is COc1ccc(NCc2cc(I)c(OCc3ccc(Cl)cc3)c(OC)c2)cc1. The van der Waals surface area contributed by atoms with Crippen molar-refractivity contribution in [3.8, 4) is 17.2 Å². The van der Waals surface area contributed by atoms with Gasteiger partial charge < -0.3 is 19.5 Å². The van der Waals surface area contributed by atoms with Gasteiger partial charge in [0.05, 0.1) is 17.8 Å². The van der Waals surface area contributed by atoms with E-state index in [0.717, 1.165) is 31.9 Å². The number of hydrogen-bond donors (Lipinski definition) is 1. The standard InChI is InChI=1S/C22H21ClINO3/c1-26-19-9-7-18(8-10-19)25-13-16-11-20(24)22(21(12-16)27-2)28-14-15-3-5-17(23)6-4-15/h3-12,25H,13-14H2,1-2H3. The van der Waals surface area contributed by atoms with Crippen LogP contribution in [-0.4, -0.2) is 14.2 Å². The van der Waals surface area contributed by atoms with Crippen LogP contribution in [0.15, 0.2) is 60.7 Å². The summed E-state index contributed by atoms with van der Waals surface area (Å²) < 4.78 is 17.8. The van der Waals surface area contributed by atoms with E-state index in [1.807, 2.05) is 54.6 Å². The number of hydrogen-bond acceptors (Lipinski definition) is 4. The summed E-state index contributed by atoms with van der Waals surface area (Å²) in [4.78, 5) is 0. The molecular weight excluding hydrogens is 489 g/mol. The van der Waals surface area contributed by atoms with E-state index in [1.54, 1.807) is 14.2 Å². The Hall–Kier alpha value is -2.12. The number of rotatable bonds is 8. The number of methoxy groups -OCH3 is 2. The third-order valence-corrected chi connectivity index (χ3v) is 5.23. The van der Waals surface area contributed by atoms with Crippen LogP contribution in [-0.2, 0) is 13.2 Å². The van der Waals surface area contributed by atoms with Gasteiger partial charge in [-0.3, -0.25) is 0 Å². The first-order chi connectivity index (χ1) is 13.6. The van der Waals surface area contributed by atoms with Crippen LogP contribution >= 0.6 is 34.2 Å². The molecule has 0 radical (unpaired) electrons. The second-order valence-electron chi connectivity index (χ2n) is 6.11. The summed E-state index contributed by atoms with van der Waals surface area (Å²) in [7, 11) is 3.31. The summed E-state index contributed by atoms with van der Waals surface area (Å²) in [6.07, 6.45) is 0. The Morgan fingerprint density at radius 3 is 2.25 bits per heavy atom. The molecule has 3 aromatic carbocycles. The summed E-state index contributed by atoms with van der Waals surface area (Å²) in [5.41, 5.74) is 3.18. The van der Waals surface area contributed by atoms with Crippen molar-refractivity contribution in [2.24, 2.45) is 0 Å². The lowest BCUT2D eigenvalue weighted by molar-refractivity contribution is 0.282. The first kappa shape index (κ1) is 20.6. The minimum atomic E-state index is 0.451.